The third kappa shape index (κ3) is 1.90. The van der Waals surface area contributed by atoms with Crippen molar-refractivity contribution in [1.29, 1.82) is 0 Å². The summed E-state index contributed by atoms with van der Waals surface area (Å²) in [5.41, 5.74) is 1.13. The number of benzene rings is 1. The minimum atomic E-state index is -0.543. The van der Waals surface area contributed by atoms with Crippen molar-refractivity contribution < 1.29 is 9.59 Å². The highest BCUT2D eigenvalue weighted by atomic mass is 16.2. The number of carbonyl (C=O) groups excluding carboxylic acids is 2. The van der Waals surface area contributed by atoms with Gasteiger partial charge in [0.05, 0.1) is 17.0 Å². The lowest BCUT2D eigenvalue weighted by Crippen LogP contribution is -2.58. The molecule has 3 rings (SSSR count). The Morgan fingerprint density at radius 3 is 2.25 bits per heavy atom. The van der Waals surface area contributed by atoms with Gasteiger partial charge >= 0.3 is 0 Å². The Morgan fingerprint density at radius 2 is 1.71 bits per heavy atom. The zero-order valence-electron chi connectivity index (χ0n) is 15.8. The predicted octanol–water partition coefficient (Wildman–Crippen LogP) is 4.69. The summed E-state index contributed by atoms with van der Waals surface area (Å²) < 4.78 is 0. The molecule has 0 unspecified atom stereocenters. The van der Waals surface area contributed by atoms with Gasteiger partial charge in [0, 0.05) is 0 Å². The van der Waals surface area contributed by atoms with Crippen LogP contribution in [-0.4, -0.2) is 11.8 Å². The minimum absolute atomic E-state index is 0.00303. The molecular weight excluding hydrogens is 298 g/mol. The van der Waals surface area contributed by atoms with E-state index in [9.17, 15) is 9.59 Å². The molecule has 0 aromatic heterocycles. The first kappa shape index (κ1) is 17.2. The Labute approximate surface area is 145 Å². The standard InChI is InChI=1S/C21H29NO2/c1-7-21(8-2)13-15-17(23)22(18(24)20(15,21)6)16-12-10-9-11-14(16)19(3,4)5/h9-12,15H,7-8,13H2,1-6H3/t15-,20-/m0/s1. The quantitative estimate of drug-likeness (QED) is 0.755. The van der Waals surface area contributed by atoms with Gasteiger partial charge in [0.15, 0.2) is 0 Å². The summed E-state index contributed by atoms with van der Waals surface area (Å²) in [6.07, 6.45) is 2.74. The van der Waals surface area contributed by atoms with Crippen LogP contribution in [0.25, 0.3) is 0 Å². The molecule has 1 aromatic rings. The third-order valence-corrected chi connectivity index (χ3v) is 6.87. The van der Waals surface area contributed by atoms with Crippen molar-refractivity contribution in [2.75, 3.05) is 4.90 Å². The number of nitrogens with zero attached hydrogens (tertiary/aromatic N) is 1. The van der Waals surface area contributed by atoms with Gasteiger partial charge in [-0.3, -0.25) is 9.59 Å². The first-order valence-electron chi connectivity index (χ1n) is 9.12. The Balaban J connectivity index is 2.11. The summed E-state index contributed by atoms with van der Waals surface area (Å²) in [6, 6.07) is 7.85. The molecule has 1 aliphatic carbocycles. The van der Waals surface area contributed by atoms with Gasteiger partial charge in [-0.15, -0.1) is 0 Å². The Kier molecular flexibility index (Phi) is 3.71. The third-order valence-electron chi connectivity index (χ3n) is 6.87. The smallest absolute Gasteiger partial charge is 0.241 e. The molecule has 0 radical (unpaired) electrons. The maximum absolute atomic E-state index is 13.4. The maximum Gasteiger partial charge on any atom is 0.241 e. The number of carbonyl (C=O) groups is 2. The first-order valence-corrected chi connectivity index (χ1v) is 9.12. The van der Waals surface area contributed by atoms with Crippen molar-refractivity contribution in [3.63, 3.8) is 0 Å². The molecular formula is C21H29NO2. The van der Waals surface area contributed by atoms with E-state index >= 15 is 0 Å². The second-order valence-electron chi connectivity index (χ2n) is 8.69. The van der Waals surface area contributed by atoms with E-state index in [4.69, 9.17) is 0 Å². The Hall–Kier alpha value is -1.64. The predicted molar refractivity (Wildman–Crippen MR) is 96.9 cm³/mol. The molecule has 1 saturated heterocycles. The summed E-state index contributed by atoms with van der Waals surface area (Å²) >= 11 is 0. The second kappa shape index (κ2) is 5.18. The van der Waals surface area contributed by atoms with Gasteiger partial charge in [0.25, 0.3) is 0 Å². The zero-order chi connectivity index (χ0) is 17.9. The van der Waals surface area contributed by atoms with Gasteiger partial charge < -0.3 is 0 Å². The summed E-state index contributed by atoms with van der Waals surface area (Å²) in [4.78, 5) is 28.0. The van der Waals surface area contributed by atoms with Crippen molar-refractivity contribution >= 4 is 17.5 Å². The number of imide groups is 1. The lowest BCUT2D eigenvalue weighted by molar-refractivity contribution is -0.163. The molecule has 3 nitrogen and oxygen atoms in total. The van der Waals surface area contributed by atoms with E-state index < -0.39 is 5.41 Å². The molecule has 1 aromatic carbocycles. The fourth-order valence-electron chi connectivity index (χ4n) is 5.05. The van der Waals surface area contributed by atoms with Gasteiger partial charge in [0.2, 0.25) is 11.8 Å². The molecule has 2 aliphatic rings. The molecule has 1 heterocycles. The largest absolute Gasteiger partial charge is 0.274 e. The lowest BCUT2D eigenvalue weighted by Gasteiger charge is -2.57. The van der Waals surface area contributed by atoms with Gasteiger partial charge in [-0.2, -0.15) is 0 Å². The van der Waals surface area contributed by atoms with Crippen LogP contribution in [0.5, 0.6) is 0 Å². The van der Waals surface area contributed by atoms with Crippen LogP contribution < -0.4 is 4.90 Å². The van der Waals surface area contributed by atoms with Crippen LogP contribution in [-0.2, 0) is 15.0 Å². The summed E-state index contributed by atoms with van der Waals surface area (Å²) in [5.74, 6) is -0.154. The second-order valence-corrected chi connectivity index (χ2v) is 8.69. The van der Waals surface area contributed by atoms with E-state index in [1.54, 1.807) is 0 Å². The lowest BCUT2D eigenvalue weighted by atomic mass is 9.43. The molecule has 3 heteroatoms. The topological polar surface area (TPSA) is 37.4 Å². The van der Waals surface area contributed by atoms with Crippen molar-refractivity contribution in [2.45, 2.75) is 66.2 Å². The van der Waals surface area contributed by atoms with Gasteiger partial charge in [-0.25, -0.2) is 4.90 Å². The normalized spacial score (nSPS) is 28.8. The minimum Gasteiger partial charge on any atom is -0.274 e. The summed E-state index contributed by atoms with van der Waals surface area (Å²) in [6.45, 7) is 12.7. The van der Waals surface area contributed by atoms with Gasteiger partial charge in [-0.1, -0.05) is 52.8 Å². The molecule has 24 heavy (non-hydrogen) atoms. The molecule has 0 N–H and O–H groups in total. The van der Waals surface area contributed by atoms with Crippen LogP contribution in [0.4, 0.5) is 5.69 Å². The molecule has 130 valence electrons. The number of hydrogen-bond acceptors (Lipinski definition) is 2. The van der Waals surface area contributed by atoms with Gasteiger partial charge in [-0.05, 0) is 48.6 Å². The number of rotatable bonds is 3. The van der Waals surface area contributed by atoms with E-state index in [1.165, 1.54) is 4.90 Å². The summed E-state index contributed by atoms with van der Waals surface area (Å²) in [5, 5.41) is 0. The van der Waals surface area contributed by atoms with Crippen LogP contribution in [0, 0.1) is 16.7 Å². The van der Waals surface area contributed by atoms with Crippen LogP contribution in [0.1, 0.15) is 66.4 Å². The number of anilines is 1. The van der Waals surface area contributed by atoms with E-state index in [2.05, 4.69) is 34.6 Å². The Morgan fingerprint density at radius 1 is 1.12 bits per heavy atom. The highest BCUT2D eigenvalue weighted by Crippen LogP contribution is 2.68. The molecule has 0 spiro atoms. The van der Waals surface area contributed by atoms with E-state index in [-0.39, 0.29) is 28.6 Å². The molecule has 2 fully saturated rings. The van der Waals surface area contributed by atoms with Crippen molar-refractivity contribution in [2.24, 2.45) is 16.7 Å². The number of hydrogen-bond donors (Lipinski definition) is 0. The molecule has 1 saturated carbocycles. The highest BCUT2D eigenvalue weighted by molar-refractivity contribution is 6.25. The number of fused-ring (bicyclic) bond motifs is 1. The fourth-order valence-corrected chi connectivity index (χ4v) is 5.05. The average Bonchev–Trinajstić information content (AvgIpc) is 2.67. The highest BCUT2D eigenvalue weighted by Gasteiger charge is 2.73. The van der Waals surface area contributed by atoms with Crippen molar-refractivity contribution in [3.05, 3.63) is 29.8 Å². The Bertz CT molecular complexity index is 696. The first-order chi connectivity index (χ1) is 11.1. The van der Waals surface area contributed by atoms with E-state index in [0.29, 0.717) is 0 Å². The average molecular weight is 327 g/mol. The fraction of sp³-hybridized carbons (Fsp3) is 0.619. The van der Waals surface area contributed by atoms with E-state index in [1.807, 2.05) is 31.2 Å². The van der Waals surface area contributed by atoms with Gasteiger partial charge in [0.1, 0.15) is 0 Å². The number of para-hydroxylation sites is 1. The van der Waals surface area contributed by atoms with Crippen molar-refractivity contribution in [1.82, 2.24) is 0 Å². The molecule has 2 atom stereocenters. The maximum atomic E-state index is 13.4. The van der Waals surface area contributed by atoms with E-state index in [0.717, 1.165) is 30.5 Å². The zero-order valence-corrected chi connectivity index (χ0v) is 15.8. The molecule has 2 amide bonds. The monoisotopic (exact) mass is 327 g/mol. The molecule has 0 bridgehead atoms. The van der Waals surface area contributed by atoms with Crippen LogP contribution in [0.15, 0.2) is 24.3 Å². The molecule has 1 aliphatic heterocycles. The van der Waals surface area contributed by atoms with Crippen LogP contribution in [0.3, 0.4) is 0 Å². The SMILES string of the molecule is CCC1(CC)C[C@H]2C(=O)N(c3ccccc3C(C)(C)C)C(=O)[C@]21C. The van der Waals surface area contributed by atoms with Crippen molar-refractivity contribution in [3.8, 4) is 0 Å². The van der Waals surface area contributed by atoms with Crippen LogP contribution in [0.2, 0.25) is 0 Å². The summed E-state index contributed by atoms with van der Waals surface area (Å²) in [7, 11) is 0. The number of amides is 2. The van der Waals surface area contributed by atoms with Crippen LogP contribution >= 0.6 is 0 Å².